The Kier molecular flexibility index (Phi) is 8.72. The lowest BCUT2D eigenvalue weighted by Gasteiger charge is -2.28. The van der Waals surface area contributed by atoms with Crippen LogP contribution < -0.4 is 0 Å². The smallest absolute Gasteiger partial charge is 0.311 e. The van der Waals surface area contributed by atoms with Crippen molar-refractivity contribution in [2.24, 2.45) is 10.8 Å². The monoisotopic (exact) mass is 390 g/mol. The number of carbonyl (C=O) groups is 2. The maximum absolute atomic E-state index is 12.1. The van der Waals surface area contributed by atoms with E-state index in [0.717, 1.165) is 25.7 Å². The third-order valence-corrected chi connectivity index (χ3v) is 5.85. The second kappa shape index (κ2) is 10.1. The van der Waals surface area contributed by atoms with Gasteiger partial charge in [0.25, 0.3) is 0 Å². The fraction of sp³-hybridized carbons (Fsp3) is 0.667. The Bertz CT molecular complexity index is 586. The molecule has 0 aliphatic heterocycles. The molecule has 1 aromatic carbocycles. The van der Waals surface area contributed by atoms with E-state index < -0.39 is 10.8 Å². The zero-order chi connectivity index (χ0) is 21.5. The van der Waals surface area contributed by atoms with Gasteiger partial charge in [0.2, 0.25) is 0 Å². The fourth-order valence-corrected chi connectivity index (χ4v) is 3.99. The van der Waals surface area contributed by atoms with Crippen LogP contribution in [0, 0.1) is 10.8 Å². The van der Waals surface area contributed by atoms with Gasteiger partial charge in [-0.3, -0.25) is 9.59 Å². The first-order chi connectivity index (χ1) is 13.0. The number of ether oxygens (including phenoxy) is 2. The van der Waals surface area contributed by atoms with Gasteiger partial charge in [0.1, 0.15) is 0 Å². The van der Waals surface area contributed by atoms with Crippen LogP contribution in [0.2, 0.25) is 0 Å². The predicted octanol–water partition coefficient (Wildman–Crippen LogP) is 5.85. The van der Waals surface area contributed by atoms with Gasteiger partial charge in [-0.2, -0.15) is 0 Å². The van der Waals surface area contributed by atoms with Crippen molar-refractivity contribution in [3.63, 3.8) is 0 Å². The largest absolute Gasteiger partial charge is 0.469 e. The first kappa shape index (κ1) is 24.2. The van der Waals surface area contributed by atoms with Crippen molar-refractivity contribution in [1.82, 2.24) is 0 Å². The van der Waals surface area contributed by atoms with Crippen molar-refractivity contribution in [1.29, 1.82) is 0 Å². The van der Waals surface area contributed by atoms with Gasteiger partial charge in [-0.25, -0.2) is 0 Å². The highest BCUT2D eigenvalue weighted by Crippen LogP contribution is 2.37. The number of carbonyl (C=O) groups excluding carboxylic acids is 2. The van der Waals surface area contributed by atoms with E-state index in [-0.39, 0.29) is 11.9 Å². The highest BCUT2D eigenvalue weighted by Gasteiger charge is 2.33. The van der Waals surface area contributed by atoms with Gasteiger partial charge < -0.3 is 9.47 Å². The molecule has 0 heterocycles. The van der Waals surface area contributed by atoms with E-state index in [4.69, 9.17) is 9.47 Å². The molecule has 2 atom stereocenters. The predicted molar refractivity (Wildman–Crippen MR) is 113 cm³/mol. The Morgan fingerprint density at radius 2 is 1.04 bits per heavy atom. The van der Waals surface area contributed by atoms with Gasteiger partial charge in [-0.05, 0) is 76.3 Å². The van der Waals surface area contributed by atoms with Crippen LogP contribution in [-0.4, -0.2) is 26.2 Å². The van der Waals surface area contributed by atoms with Gasteiger partial charge in [0.15, 0.2) is 0 Å². The molecule has 0 bridgehead atoms. The zero-order valence-electron chi connectivity index (χ0n) is 18.9. The summed E-state index contributed by atoms with van der Waals surface area (Å²) in [6, 6.07) is 8.69. The van der Waals surface area contributed by atoms with Gasteiger partial charge in [-0.1, -0.05) is 38.1 Å². The summed E-state index contributed by atoms with van der Waals surface area (Å²) in [6.07, 6.45) is 3.43. The molecular weight excluding hydrogens is 352 g/mol. The summed E-state index contributed by atoms with van der Waals surface area (Å²) in [5.41, 5.74) is 1.46. The number of hydrogen-bond donors (Lipinski definition) is 0. The third-order valence-electron chi connectivity index (χ3n) is 5.85. The van der Waals surface area contributed by atoms with Crippen LogP contribution in [0.1, 0.15) is 90.2 Å². The quantitative estimate of drug-likeness (QED) is 0.470. The summed E-state index contributed by atoms with van der Waals surface area (Å²) in [5.74, 6) is 0.266. The molecule has 1 rings (SSSR count). The second-order valence-electron chi connectivity index (χ2n) is 9.04. The summed E-state index contributed by atoms with van der Waals surface area (Å²) in [7, 11) is 2.89. The minimum atomic E-state index is -0.509. The van der Waals surface area contributed by atoms with Gasteiger partial charge in [0, 0.05) is 0 Å². The second-order valence-corrected chi connectivity index (χ2v) is 9.04. The van der Waals surface area contributed by atoms with Crippen LogP contribution in [0.15, 0.2) is 24.3 Å². The van der Waals surface area contributed by atoms with Crippen molar-refractivity contribution in [3.05, 3.63) is 35.4 Å². The van der Waals surface area contributed by atoms with Crippen molar-refractivity contribution in [3.8, 4) is 0 Å². The Labute approximate surface area is 171 Å². The molecule has 158 valence electrons. The van der Waals surface area contributed by atoms with Crippen LogP contribution in [0.25, 0.3) is 0 Å². The molecule has 0 radical (unpaired) electrons. The molecule has 1 aromatic rings. The molecule has 28 heavy (non-hydrogen) atoms. The molecule has 0 saturated carbocycles. The number of hydrogen-bond acceptors (Lipinski definition) is 4. The molecule has 0 N–H and O–H groups in total. The lowest BCUT2D eigenvalue weighted by atomic mass is 9.77. The minimum Gasteiger partial charge on any atom is -0.469 e. The van der Waals surface area contributed by atoms with Crippen LogP contribution >= 0.6 is 0 Å². The lowest BCUT2D eigenvalue weighted by molar-refractivity contribution is -0.152. The summed E-state index contributed by atoms with van der Waals surface area (Å²) < 4.78 is 9.92. The molecule has 4 heteroatoms. The van der Waals surface area contributed by atoms with Crippen LogP contribution in [0.4, 0.5) is 0 Å². The van der Waals surface area contributed by atoms with Crippen molar-refractivity contribution in [2.45, 2.75) is 79.1 Å². The molecule has 0 aromatic heterocycles. The first-order valence-corrected chi connectivity index (χ1v) is 10.3. The van der Waals surface area contributed by atoms with E-state index in [0.29, 0.717) is 11.8 Å². The number of esters is 2. The lowest BCUT2D eigenvalue weighted by Crippen LogP contribution is -2.28. The van der Waals surface area contributed by atoms with E-state index in [1.54, 1.807) is 0 Å². The van der Waals surface area contributed by atoms with Crippen molar-refractivity contribution in [2.75, 3.05) is 14.2 Å². The van der Waals surface area contributed by atoms with Gasteiger partial charge >= 0.3 is 11.9 Å². The zero-order valence-corrected chi connectivity index (χ0v) is 18.9. The van der Waals surface area contributed by atoms with Crippen molar-refractivity contribution < 1.29 is 19.1 Å². The summed E-state index contributed by atoms with van der Waals surface area (Å²) in [6.45, 7) is 12.1. The molecule has 2 unspecified atom stereocenters. The molecule has 0 aliphatic carbocycles. The fourth-order valence-electron chi connectivity index (χ4n) is 3.99. The van der Waals surface area contributed by atoms with Crippen LogP contribution in [-0.2, 0) is 19.1 Å². The van der Waals surface area contributed by atoms with Crippen LogP contribution in [0.5, 0.6) is 0 Å². The van der Waals surface area contributed by atoms with Crippen molar-refractivity contribution >= 4 is 11.9 Å². The molecule has 0 saturated heterocycles. The van der Waals surface area contributed by atoms with Crippen LogP contribution in [0.3, 0.4) is 0 Å². The SMILES string of the molecule is CCC(CC(C)(C)C(=O)OC)c1ccc(C(CC)CC(C)(C)C(=O)OC)cc1. The molecule has 4 nitrogen and oxygen atoms in total. The van der Waals surface area contributed by atoms with Gasteiger partial charge in [0.05, 0.1) is 25.0 Å². The maximum atomic E-state index is 12.1. The highest BCUT2D eigenvalue weighted by molar-refractivity contribution is 5.76. The Morgan fingerprint density at radius 3 is 1.25 bits per heavy atom. The number of methoxy groups -OCH3 is 2. The highest BCUT2D eigenvalue weighted by atomic mass is 16.5. The Balaban J connectivity index is 2.98. The summed E-state index contributed by atoms with van der Waals surface area (Å²) in [4.78, 5) is 24.1. The third kappa shape index (κ3) is 6.08. The van der Waals surface area contributed by atoms with E-state index in [1.165, 1.54) is 25.3 Å². The average molecular weight is 391 g/mol. The molecular formula is C24H38O4. The first-order valence-electron chi connectivity index (χ1n) is 10.3. The van der Waals surface area contributed by atoms with E-state index in [9.17, 15) is 9.59 Å². The molecule has 0 spiro atoms. The molecule has 0 amide bonds. The summed E-state index contributed by atoms with van der Waals surface area (Å²) in [5, 5.41) is 0. The minimum absolute atomic E-state index is 0.168. The van der Waals surface area contributed by atoms with E-state index in [1.807, 2.05) is 27.7 Å². The molecule has 0 fully saturated rings. The summed E-state index contributed by atoms with van der Waals surface area (Å²) >= 11 is 0. The topological polar surface area (TPSA) is 52.6 Å². The average Bonchev–Trinajstić information content (AvgIpc) is 2.68. The maximum Gasteiger partial charge on any atom is 0.311 e. The normalized spacial score (nSPS) is 14.3. The van der Waals surface area contributed by atoms with E-state index in [2.05, 4.69) is 38.1 Å². The standard InChI is InChI=1S/C24H38O4/c1-9-17(15-23(3,4)21(25)27-7)19-11-13-20(14-12-19)18(10-2)16-24(5,6)22(26)28-8/h11-14,17-18H,9-10,15-16H2,1-8H3. The Morgan fingerprint density at radius 1 is 0.750 bits per heavy atom. The molecule has 0 aliphatic rings. The number of benzene rings is 1. The Hall–Kier alpha value is -1.84. The van der Waals surface area contributed by atoms with E-state index >= 15 is 0 Å². The number of rotatable bonds is 10. The van der Waals surface area contributed by atoms with Gasteiger partial charge in [-0.15, -0.1) is 0 Å².